The molecule has 10 heteroatoms. The molecule has 0 aliphatic carbocycles. The molecule has 4 rings (SSSR count). The van der Waals surface area contributed by atoms with Gasteiger partial charge in [-0.3, -0.25) is 0 Å². The predicted octanol–water partition coefficient (Wildman–Crippen LogP) is 13.1. The van der Waals surface area contributed by atoms with Crippen molar-refractivity contribution < 1.29 is 9.47 Å². The zero-order chi connectivity index (χ0) is 24.8. The van der Waals surface area contributed by atoms with Crippen LogP contribution in [0.3, 0.4) is 0 Å². The van der Waals surface area contributed by atoms with Gasteiger partial charge in [0.1, 0.15) is 23.0 Å². The van der Waals surface area contributed by atoms with Gasteiger partial charge in [0.15, 0.2) is 0 Å². The lowest BCUT2D eigenvalue weighted by atomic mass is 10.3. The van der Waals surface area contributed by atoms with Gasteiger partial charge in [-0.15, -0.1) is 0 Å². The highest BCUT2D eigenvalue weighted by molar-refractivity contribution is 9.12. The maximum atomic E-state index is 5.81. The van der Waals surface area contributed by atoms with Gasteiger partial charge in [0.25, 0.3) is 0 Å². The predicted molar refractivity (Wildman–Crippen MR) is 168 cm³/mol. The van der Waals surface area contributed by atoms with Crippen molar-refractivity contribution >= 4 is 127 Å². The summed E-state index contributed by atoms with van der Waals surface area (Å²) in [7, 11) is 0. The van der Waals surface area contributed by atoms with Crippen LogP contribution in [0.2, 0.25) is 0 Å². The van der Waals surface area contributed by atoms with Crippen molar-refractivity contribution in [3.63, 3.8) is 0 Å². The fourth-order valence-corrected chi connectivity index (χ4v) is 6.98. The molecule has 0 aliphatic rings. The van der Waals surface area contributed by atoms with Gasteiger partial charge in [0.05, 0.1) is 17.9 Å². The van der Waals surface area contributed by atoms with E-state index in [9.17, 15) is 0 Å². The maximum absolute atomic E-state index is 5.81. The summed E-state index contributed by atoms with van der Waals surface area (Å²) in [5, 5.41) is 0. The fraction of sp³-hybridized carbons (Fsp3) is 0. The van der Waals surface area contributed by atoms with Crippen LogP contribution < -0.4 is 9.47 Å². The second-order valence-corrected chi connectivity index (χ2v) is 13.6. The van der Waals surface area contributed by atoms with Crippen LogP contribution in [0, 0.1) is 0 Å². The van der Waals surface area contributed by atoms with Gasteiger partial charge in [-0.25, -0.2) is 0 Å². The molecule has 0 radical (unpaired) electrons. The third-order valence-electron chi connectivity index (χ3n) is 4.02. The normalized spacial score (nSPS) is 10.4. The molecule has 0 amide bonds. The van der Waals surface area contributed by atoms with Crippen LogP contribution >= 0.6 is 127 Å². The molecule has 2 nitrogen and oxygen atoms in total. The number of rotatable bonds is 4. The summed E-state index contributed by atoms with van der Waals surface area (Å²) >= 11 is 27.5. The van der Waals surface area contributed by atoms with E-state index in [0.29, 0.717) is 0 Å². The topological polar surface area (TPSA) is 18.5 Å². The Balaban J connectivity index is 0.000000191. The summed E-state index contributed by atoms with van der Waals surface area (Å²) < 4.78 is 19.3. The van der Waals surface area contributed by atoms with Crippen LogP contribution in [0.15, 0.2) is 109 Å². The van der Waals surface area contributed by atoms with Gasteiger partial charge in [0.2, 0.25) is 0 Å². The van der Waals surface area contributed by atoms with Gasteiger partial charge < -0.3 is 9.47 Å². The Morgan fingerprint density at radius 3 is 0.706 bits per heavy atom. The highest BCUT2D eigenvalue weighted by Gasteiger charge is 2.08. The first-order valence-electron chi connectivity index (χ1n) is 9.28. The Hall–Kier alpha value is 0.320. The molecule has 176 valence electrons. The molecular formula is C24H12Br8O2. The summed E-state index contributed by atoms with van der Waals surface area (Å²) in [5.41, 5.74) is 0. The van der Waals surface area contributed by atoms with Gasteiger partial charge in [-0.05, 0) is 137 Å². The second kappa shape index (κ2) is 13.7. The molecule has 0 heterocycles. The van der Waals surface area contributed by atoms with E-state index in [1.54, 1.807) is 0 Å². The van der Waals surface area contributed by atoms with Crippen LogP contribution in [0.25, 0.3) is 0 Å². The Kier molecular flexibility index (Phi) is 11.7. The SMILES string of the molecule is Brc1ccc(Oc2ccc(Br)cc2Br)c(Br)c1.Brc1ccc(Oc2ccc(Br)cc2Br)c(Br)c1. The van der Waals surface area contributed by atoms with E-state index in [1.165, 1.54) is 0 Å². The third-order valence-corrected chi connectivity index (χ3v) is 8.47. The molecule has 0 bridgehead atoms. The van der Waals surface area contributed by atoms with Crippen molar-refractivity contribution in [3.05, 3.63) is 109 Å². The number of halogens is 8. The van der Waals surface area contributed by atoms with E-state index in [-0.39, 0.29) is 0 Å². The zero-order valence-electron chi connectivity index (χ0n) is 16.8. The molecule has 0 saturated carbocycles. The quantitative estimate of drug-likeness (QED) is 0.203. The molecule has 0 fully saturated rings. The van der Waals surface area contributed by atoms with Crippen molar-refractivity contribution in [2.24, 2.45) is 0 Å². The summed E-state index contributed by atoms with van der Waals surface area (Å²) in [6, 6.07) is 23.2. The van der Waals surface area contributed by atoms with Gasteiger partial charge in [0, 0.05) is 17.9 Å². The van der Waals surface area contributed by atoms with Crippen molar-refractivity contribution in [2.75, 3.05) is 0 Å². The van der Waals surface area contributed by atoms with E-state index in [2.05, 4.69) is 127 Å². The molecule has 0 aromatic heterocycles. The molecule has 0 unspecified atom stereocenters. The van der Waals surface area contributed by atoms with Crippen LogP contribution in [-0.2, 0) is 0 Å². The minimum absolute atomic E-state index is 0.774. The Morgan fingerprint density at radius 2 is 0.529 bits per heavy atom. The second-order valence-electron chi connectivity index (χ2n) is 6.50. The van der Waals surface area contributed by atoms with E-state index < -0.39 is 0 Å². The lowest BCUT2D eigenvalue weighted by molar-refractivity contribution is 0.476. The van der Waals surface area contributed by atoms with Gasteiger partial charge in [-0.1, -0.05) is 63.7 Å². The summed E-state index contributed by atoms with van der Waals surface area (Å²) in [5.74, 6) is 3.10. The third kappa shape index (κ3) is 8.71. The Labute approximate surface area is 265 Å². The van der Waals surface area contributed by atoms with Crippen LogP contribution in [0.5, 0.6) is 23.0 Å². The van der Waals surface area contributed by atoms with Crippen LogP contribution in [0.4, 0.5) is 0 Å². The molecule has 34 heavy (non-hydrogen) atoms. The van der Waals surface area contributed by atoms with Gasteiger partial charge >= 0.3 is 0 Å². The first kappa shape index (κ1) is 28.9. The Bertz CT molecular complexity index is 1110. The molecule has 4 aromatic carbocycles. The molecule has 0 atom stereocenters. The van der Waals surface area contributed by atoms with Crippen LogP contribution in [-0.4, -0.2) is 0 Å². The van der Waals surface area contributed by atoms with Gasteiger partial charge in [-0.2, -0.15) is 0 Å². The lowest BCUT2D eigenvalue weighted by Crippen LogP contribution is -1.86. The van der Waals surface area contributed by atoms with Crippen molar-refractivity contribution in [1.29, 1.82) is 0 Å². The summed E-state index contributed by atoms with van der Waals surface area (Å²) in [6.07, 6.45) is 0. The highest BCUT2D eigenvalue weighted by atomic mass is 79.9. The largest absolute Gasteiger partial charge is 0.455 e. The number of benzene rings is 4. The van der Waals surface area contributed by atoms with Crippen molar-refractivity contribution in [3.8, 4) is 23.0 Å². The summed E-state index contributed by atoms with van der Waals surface area (Å²) in [4.78, 5) is 0. The molecule has 0 aliphatic heterocycles. The minimum Gasteiger partial charge on any atom is -0.455 e. The molecule has 0 N–H and O–H groups in total. The fourth-order valence-electron chi connectivity index (χ4n) is 2.47. The lowest BCUT2D eigenvalue weighted by Gasteiger charge is -2.09. The number of hydrogen-bond acceptors (Lipinski definition) is 2. The Morgan fingerprint density at radius 1 is 0.324 bits per heavy atom. The monoisotopic (exact) mass is 963 g/mol. The maximum Gasteiger partial charge on any atom is 0.141 e. The zero-order valence-corrected chi connectivity index (χ0v) is 29.5. The molecular weight excluding hydrogens is 959 g/mol. The van der Waals surface area contributed by atoms with Crippen molar-refractivity contribution in [2.45, 2.75) is 0 Å². The van der Waals surface area contributed by atoms with E-state index in [4.69, 9.17) is 9.47 Å². The average Bonchev–Trinajstić information content (AvgIpc) is 2.76. The highest BCUT2D eigenvalue weighted by Crippen LogP contribution is 2.37. The molecule has 0 spiro atoms. The first-order valence-corrected chi connectivity index (χ1v) is 15.6. The minimum atomic E-state index is 0.774. The van der Waals surface area contributed by atoms with Crippen molar-refractivity contribution in [1.82, 2.24) is 0 Å². The van der Waals surface area contributed by atoms with E-state index in [1.807, 2.05) is 72.8 Å². The standard InChI is InChI=1S/2C12H6Br4O/c2*13-7-1-3-11(9(15)5-7)17-12-4-2-8(14)6-10(12)16/h2*1-6H. The van der Waals surface area contributed by atoms with E-state index in [0.717, 1.165) is 58.8 Å². The van der Waals surface area contributed by atoms with E-state index >= 15 is 0 Å². The first-order chi connectivity index (χ1) is 16.1. The molecule has 4 aromatic rings. The molecule has 0 saturated heterocycles. The summed E-state index contributed by atoms with van der Waals surface area (Å²) in [6.45, 7) is 0. The average molecular weight is 972 g/mol. The number of ether oxygens (including phenoxy) is 2. The smallest absolute Gasteiger partial charge is 0.141 e. The number of hydrogen-bond donors (Lipinski definition) is 0. The van der Waals surface area contributed by atoms with Crippen LogP contribution in [0.1, 0.15) is 0 Å².